The van der Waals surface area contributed by atoms with Gasteiger partial charge in [-0.25, -0.2) is 9.78 Å². The molecule has 9 nitrogen and oxygen atoms in total. The highest BCUT2D eigenvalue weighted by atomic mass is 16.6. The Hall–Kier alpha value is -3.88. The molecule has 2 aliphatic rings. The van der Waals surface area contributed by atoms with Crippen molar-refractivity contribution in [1.82, 2.24) is 4.98 Å². The quantitative estimate of drug-likeness (QED) is 0.375. The third-order valence-corrected chi connectivity index (χ3v) is 5.26. The summed E-state index contributed by atoms with van der Waals surface area (Å²) in [5, 5.41) is 3.67. The topological polar surface area (TPSA) is 93.6 Å². The minimum absolute atomic E-state index is 0.113. The summed E-state index contributed by atoms with van der Waals surface area (Å²) >= 11 is 0. The lowest BCUT2D eigenvalue weighted by Crippen LogP contribution is -2.26. The van der Waals surface area contributed by atoms with E-state index in [1.54, 1.807) is 16.0 Å². The second-order valence-electron chi connectivity index (χ2n) is 7.34. The van der Waals surface area contributed by atoms with Gasteiger partial charge in [0, 0.05) is 30.4 Å². The molecule has 9 heteroatoms. The molecular weight excluding hydrogens is 412 g/mol. The maximum absolute atomic E-state index is 12.3. The molecule has 1 atom stereocenters. The molecule has 0 spiro atoms. The van der Waals surface area contributed by atoms with E-state index in [4.69, 9.17) is 9.47 Å². The van der Waals surface area contributed by atoms with Crippen LogP contribution in [0.3, 0.4) is 0 Å². The highest BCUT2D eigenvalue weighted by Gasteiger charge is 2.33. The third kappa shape index (κ3) is 4.56. The van der Waals surface area contributed by atoms with Gasteiger partial charge in [0.25, 0.3) is 0 Å². The molecule has 3 heterocycles. The number of anilines is 2. The number of benzene rings is 1. The number of amides is 2. The van der Waals surface area contributed by atoms with E-state index in [0.717, 1.165) is 23.2 Å². The van der Waals surface area contributed by atoms with Crippen LogP contribution in [0.5, 0.6) is 0 Å². The van der Waals surface area contributed by atoms with Crippen LogP contribution in [0.4, 0.5) is 16.3 Å². The average molecular weight is 436 g/mol. The Morgan fingerprint density at radius 3 is 2.62 bits per heavy atom. The Morgan fingerprint density at radius 2 is 2.00 bits per heavy atom. The van der Waals surface area contributed by atoms with Crippen molar-refractivity contribution in [3.05, 3.63) is 55.3 Å². The van der Waals surface area contributed by atoms with Crippen molar-refractivity contribution in [1.29, 1.82) is 0 Å². The van der Waals surface area contributed by atoms with Gasteiger partial charge >= 0.3 is 6.09 Å². The van der Waals surface area contributed by atoms with Crippen LogP contribution in [-0.2, 0) is 19.1 Å². The van der Waals surface area contributed by atoms with E-state index in [1.807, 2.05) is 36.4 Å². The first-order valence-electron chi connectivity index (χ1n) is 10.3. The summed E-state index contributed by atoms with van der Waals surface area (Å²) in [7, 11) is 1.41. The van der Waals surface area contributed by atoms with E-state index in [9.17, 15) is 9.59 Å². The molecule has 0 N–H and O–H groups in total. The molecule has 2 saturated heterocycles. The SMILES string of the molecule is C=C/C(=N\OC)OC[C@H]1CN(c2ccc(-c3ccc(N4CCCC4=O)nc3)cc2)C(=O)O1. The molecule has 2 fully saturated rings. The van der Waals surface area contributed by atoms with Crippen LogP contribution in [0.2, 0.25) is 0 Å². The fraction of sp³-hybridized carbons (Fsp3) is 0.304. The first-order chi connectivity index (χ1) is 15.6. The molecule has 4 rings (SSSR count). The van der Waals surface area contributed by atoms with Crippen LogP contribution in [0.25, 0.3) is 11.1 Å². The molecule has 0 bridgehead atoms. The van der Waals surface area contributed by atoms with Crippen molar-refractivity contribution in [3.63, 3.8) is 0 Å². The number of hydrogen-bond acceptors (Lipinski definition) is 7. The molecule has 2 aliphatic heterocycles. The van der Waals surface area contributed by atoms with Crippen LogP contribution in [0.1, 0.15) is 12.8 Å². The van der Waals surface area contributed by atoms with Crippen molar-refractivity contribution in [2.24, 2.45) is 5.16 Å². The van der Waals surface area contributed by atoms with E-state index in [0.29, 0.717) is 25.3 Å². The lowest BCUT2D eigenvalue weighted by Gasteiger charge is -2.15. The number of hydrogen-bond donors (Lipinski definition) is 0. The number of rotatable bonds is 7. The van der Waals surface area contributed by atoms with Gasteiger partial charge in [-0.15, -0.1) is 0 Å². The van der Waals surface area contributed by atoms with Crippen LogP contribution in [0.15, 0.2) is 60.4 Å². The van der Waals surface area contributed by atoms with Gasteiger partial charge in [-0.2, -0.15) is 0 Å². The molecular formula is C23H24N4O5. The van der Waals surface area contributed by atoms with Gasteiger partial charge in [0.05, 0.1) is 6.54 Å². The fourth-order valence-electron chi connectivity index (χ4n) is 3.65. The lowest BCUT2D eigenvalue weighted by molar-refractivity contribution is -0.117. The minimum atomic E-state index is -0.436. The van der Waals surface area contributed by atoms with E-state index in [2.05, 4.69) is 21.6 Å². The molecule has 2 aromatic rings. The highest BCUT2D eigenvalue weighted by molar-refractivity contribution is 5.94. The Bertz CT molecular complexity index is 1020. The number of carbonyl (C=O) groups excluding carboxylic acids is 2. The largest absolute Gasteiger partial charge is 0.472 e. The van der Waals surface area contributed by atoms with E-state index < -0.39 is 12.2 Å². The van der Waals surface area contributed by atoms with Crippen molar-refractivity contribution in [3.8, 4) is 11.1 Å². The second-order valence-corrected chi connectivity index (χ2v) is 7.34. The molecule has 0 saturated carbocycles. The lowest BCUT2D eigenvalue weighted by atomic mass is 10.1. The summed E-state index contributed by atoms with van der Waals surface area (Å²) in [4.78, 5) is 36.6. The predicted molar refractivity (Wildman–Crippen MR) is 119 cm³/mol. The second kappa shape index (κ2) is 9.51. The molecule has 0 radical (unpaired) electrons. The number of pyridine rings is 1. The number of ether oxygens (including phenoxy) is 2. The maximum atomic E-state index is 12.3. The van der Waals surface area contributed by atoms with Gasteiger partial charge in [0.2, 0.25) is 11.8 Å². The predicted octanol–water partition coefficient (Wildman–Crippen LogP) is 3.36. The van der Waals surface area contributed by atoms with Gasteiger partial charge < -0.3 is 14.3 Å². The minimum Gasteiger partial charge on any atom is -0.472 e. The summed E-state index contributed by atoms with van der Waals surface area (Å²) < 4.78 is 10.8. The summed E-state index contributed by atoms with van der Waals surface area (Å²) in [6.45, 7) is 4.80. The van der Waals surface area contributed by atoms with E-state index >= 15 is 0 Å². The normalized spacial score (nSPS) is 18.7. The number of nitrogens with zero attached hydrogens (tertiary/aromatic N) is 4. The van der Waals surface area contributed by atoms with Gasteiger partial charge in [0.15, 0.2) is 6.10 Å². The zero-order valence-electron chi connectivity index (χ0n) is 17.8. The Balaban J connectivity index is 1.39. The first-order valence-corrected chi connectivity index (χ1v) is 10.3. The molecule has 0 aliphatic carbocycles. The average Bonchev–Trinajstić information content (AvgIpc) is 3.42. The van der Waals surface area contributed by atoms with E-state index in [-0.39, 0.29) is 18.4 Å². The van der Waals surface area contributed by atoms with Gasteiger partial charge in [-0.05, 0) is 47.5 Å². The summed E-state index contributed by atoms with van der Waals surface area (Å²) in [6, 6.07) is 11.4. The van der Waals surface area contributed by atoms with Crippen LogP contribution in [-0.4, -0.2) is 55.8 Å². The number of oxime groups is 1. The molecule has 1 aromatic carbocycles. The third-order valence-electron chi connectivity index (χ3n) is 5.26. The smallest absolute Gasteiger partial charge is 0.414 e. The molecule has 1 aromatic heterocycles. The zero-order valence-corrected chi connectivity index (χ0v) is 17.8. The van der Waals surface area contributed by atoms with Gasteiger partial charge in [-0.1, -0.05) is 18.7 Å². The monoisotopic (exact) mass is 436 g/mol. The van der Waals surface area contributed by atoms with E-state index in [1.165, 1.54) is 13.2 Å². The summed E-state index contributed by atoms with van der Waals surface area (Å²) in [5.41, 5.74) is 2.61. The van der Waals surface area contributed by atoms with Gasteiger partial charge in [-0.3, -0.25) is 14.6 Å². The highest BCUT2D eigenvalue weighted by Crippen LogP contribution is 2.27. The van der Waals surface area contributed by atoms with Crippen molar-refractivity contribution < 1.29 is 23.9 Å². The number of aromatic nitrogens is 1. The van der Waals surface area contributed by atoms with Crippen molar-refractivity contribution in [2.45, 2.75) is 18.9 Å². The standard InChI is InChI=1S/C23H24N4O5/c1-3-21(25-30-2)31-15-19-14-27(23(29)32-19)18-9-6-16(7-10-18)17-8-11-20(24-13-17)26-12-4-5-22(26)28/h3,6-11,13,19H,1,4-5,12,14-15H2,2H3/b25-21+/t19-/m1/s1. The molecule has 0 unspecified atom stereocenters. The Kier molecular flexibility index (Phi) is 6.34. The number of cyclic esters (lactones) is 1. The van der Waals surface area contributed by atoms with Crippen LogP contribution in [0, 0.1) is 0 Å². The zero-order chi connectivity index (χ0) is 22.5. The Morgan fingerprint density at radius 1 is 1.22 bits per heavy atom. The summed E-state index contributed by atoms with van der Waals surface area (Å²) in [6.07, 6.45) is 3.75. The first kappa shape index (κ1) is 21.4. The van der Waals surface area contributed by atoms with Crippen molar-refractivity contribution in [2.75, 3.05) is 36.6 Å². The molecule has 32 heavy (non-hydrogen) atoms. The van der Waals surface area contributed by atoms with Gasteiger partial charge in [0.1, 0.15) is 19.5 Å². The fourth-order valence-corrected chi connectivity index (χ4v) is 3.65. The van der Waals surface area contributed by atoms with Crippen molar-refractivity contribution >= 4 is 29.4 Å². The molecule has 2 amide bonds. The summed E-state index contributed by atoms with van der Waals surface area (Å²) in [5.74, 6) is 1.01. The number of carbonyl (C=O) groups is 2. The Labute approximate surface area is 185 Å². The molecule has 166 valence electrons. The van der Waals surface area contributed by atoms with Crippen LogP contribution < -0.4 is 9.80 Å². The maximum Gasteiger partial charge on any atom is 0.414 e. The van der Waals surface area contributed by atoms with Crippen LogP contribution >= 0.6 is 0 Å².